The van der Waals surface area contributed by atoms with E-state index in [4.69, 9.17) is 14.2 Å². The average Bonchev–Trinajstić information content (AvgIpc) is 2.88. The van der Waals surface area contributed by atoms with Gasteiger partial charge in [-0.2, -0.15) is 0 Å². The fourth-order valence-electron chi connectivity index (χ4n) is 6.05. The molecule has 9 nitrogen and oxygen atoms in total. The topological polar surface area (TPSA) is 129 Å². The van der Waals surface area contributed by atoms with E-state index in [0.717, 1.165) is 5.57 Å². The largest absolute Gasteiger partial charge is 0.462 e. The van der Waals surface area contributed by atoms with E-state index in [1.54, 1.807) is 6.08 Å². The van der Waals surface area contributed by atoms with Crippen LogP contribution in [0, 0.1) is 23.7 Å². The van der Waals surface area contributed by atoms with Gasteiger partial charge in [-0.1, -0.05) is 51.5 Å². The highest BCUT2D eigenvalue weighted by Gasteiger charge is 2.43. The van der Waals surface area contributed by atoms with Crippen LogP contribution < -0.4 is 0 Å². The Labute approximate surface area is 241 Å². The first-order chi connectivity index (χ1) is 18.8. The Kier molecular flexibility index (Phi) is 14.2. The molecule has 0 saturated carbocycles. The van der Waals surface area contributed by atoms with Crippen molar-refractivity contribution in [3.63, 3.8) is 0 Å². The molecule has 2 aliphatic rings. The maximum Gasteiger partial charge on any atom is 0.308 e. The molecule has 0 aromatic carbocycles. The highest BCUT2D eigenvalue weighted by molar-refractivity contribution is 5.70. The first-order valence-electron chi connectivity index (χ1n) is 15.0. The fourth-order valence-corrected chi connectivity index (χ4v) is 6.05. The van der Waals surface area contributed by atoms with Crippen molar-refractivity contribution in [2.24, 2.45) is 23.7 Å². The van der Waals surface area contributed by atoms with Crippen LogP contribution in [0.2, 0.25) is 0 Å². The number of nitrogens with zero attached hydrogens (tertiary/aromatic N) is 1. The van der Waals surface area contributed by atoms with Crippen molar-refractivity contribution in [2.45, 2.75) is 123 Å². The third kappa shape index (κ3) is 9.89. The van der Waals surface area contributed by atoms with Crippen LogP contribution in [0.3, 0.4) is 0 Å². The molecular weight excluding hydrogens is 514 g/mol. The van der Waals surface area contributed by atoms with E-state index in [9.17, 15) is 25.2 Å². The summed E-state index contributed by atoms with van der Waals surface area (Å²) in [6.07, 6.45) is 2.71. The molecule has 0 aliphatic carbocycles. The molecular formula is C31H55NO8. The molecule has 12 unspecified atom stereocenters. The zero-order chi connectivity index (χ0) is 30.1. The molecule has 1 fully saturated rings. The monoisotopic (exact) mass is 569 g/mol. The Morgan fingerprint density at radius 3 is 2.38 bits per heavy atom. The number of carbonyl (C=O) groups is 1. The molecule has 9 heteroatoms. The first-order valence-corrected chi connectivity index (χ1v) is 15.0. The summed E-state index contributed by atoms with van der Waals surface area (Å²) in [6.45, 7) is 11.5. The van der Waals surface area contributed by atoms with Gasteiger partial charge in [0.15, 0.2) is 6.29 Å². The Bertz CT molecular complexity index is 832. The summed E-state index contributed by atoms with van der Waals surface area (Å²) in [5.41, 5.74) is 0.954. The normalized spacial score (nSPS) is 41.0. The highest BCUT2D eigenvalue weighted by atomic mass is 16.7. The summed E-state index contributed by atoms with van der Waals surface area (Å²) in [5.74, 6) is -1.55. The van der Waals surface area contributed by atoms with Crippen LogP contribution in [-0.2, 0) is 19.0 Å². The second kappa shape index (κ2) is 16.3. The Balaban J connectivity index is 2.46. The van der Waals surface area contributed by atoms with Crippen molar-refractivity contribution >= 4 is 5.97 Å². The molecule has 2 rings (SSSR count). The lowest BCUT2D eigenvalue weighted by molar-refractivity contribution is -0.283. The van der Waals surface area contributed by atoms with E-state index in [-0.39, 0.29) is 49.0 Å². The average molecular weight is 570 g/mol. The van der Waals surface area contributed by atoms with Crippen molar-refractivity contribution < 1.29 is 39.4 Å². The van der Waals surface area contributed by atoms with Crippen LogP contribution in [-0.4, -0.2) is 101 Å². The number of cyclic esters (lactones) is 1. The number of likely N-dealkylation sites (N-methyl/N-ethyl adjacent to an activating group) is 1. The molecule has 40 heavy (non-hydrogen) atoms. The quantitative estimate of drug-likeness (QED) is 0.357. The fraction of sp³-hybridized carbons (Fsp3) is 0.839. The summed E-state index contributed by atoms with van der Waals surface area (Å²) in [7, 11) is 3.81. The Morgan fingerprint density at radius 2 is 1.77 bits per heavy atom. The molecule has 4 N–H and O–H groups in total. The van der Waals surface area contributed by atoms with Crippen molar-refractivity contribution in [1.82, 2.24) is 4.90 Å². The lowest BCUT2D eigenvalue weighted by Crippen LogP contribution is -2.56. The number of ether oxygens (including phenoxy) is 3. The third-order valence-electron chi connectivity index (χ3n) is 8.64. The van der Waals surface area contributed by atoms with Gasteiger partial charge in [-0.05, 0) is 65.5 Å². The van der Waals surface area contributed by atoms with Gasteiger partial charge < -0.3 is 39.5 Å². The molecule has 0 spiro atoms. The van der Waals surface area contributed by atoms with Crippen LogP contribution in [0.4, 0.5) is 0 Å². The van der Waals surface area contributed by atoms with Gasteiger partial charge in [-0.3, -0.25) is 4.79 Å². The minimum Gasteiger partial charge on any atom is -0.462 e. The van der Waals surface area contributed by atoms with Crippen molar-refractivity contribution in [2.75, 3.05) is 20.7 Å². The van der Waals surface area contributed by atoms with Gasteiger partial charge in [0.1, 0.15) is 12.2 Å². The molecule has 0 aromatic rings. The Hall–Kier alpha value is -1.33. The molecule has 2 heterocycles. The molecule has 0 amide bonds. The number of carbonyl (C=O) groups excluding carboxylic acids is 1. The lowest BCUT2D eigenvalue weighted by Gasteiger charge is -2.44. The van der Waals surface area contributed by atoms with E-state index in [2.05, 4.69) is 0 Å². The molecule has 0 bridgehead atoms. The van der Waals surface area contributed by atoms with E-state index in [0.29, 0.717) is 25.7 Å². The van der Waals surface area contributed by atoms with E-state index >= 15 is 0 Å². The first kappa shape index (κ1) is 34.9. The predicted molar refractivity (Wildman–Crippen MR) is 154 cm³/mol. The number of esters is 1. The Morgan fingerprint density at radius 1 is 1.10 bits per heavy atom. The minimum atomic E-state index is -1.08. The number of hydrogen-bond acceptors (Lipinski definition) is 9. The summed E-state index contributed by atoms with van der Waals surface area (Å²) in [6, 6.07) is -0.179. The molecule has 1 saturated heterocycles. The standard InChI is InChI=1S/C31H55NO8/c1-9-27-20(4)14-18(2)10-11-25(34)19(3)15-23(12-13-33)30(22(6)26(35)17-28(36)39-27)40-31-29(37)24(32(7)8)16-21(5)38-31/h10-11,14,19-27,29-31,33-35,37H,9,12-13,15-17H2,1-8H3. The molecule has 232 valence electrons. The van der Waals surface area contributed by atoms with Crippen LogP contribution >= 0.6 is 0 Å². The number of rotatable bonds is 6. The van der Waals surface area contributed by atoms with Gasteiger partial charge in [-0.15, -0.1) is 0 Å². The van der Waals surface area contributed by atoms with Crippen LogP contribution in [0.1, 0.15) is 73.6 Å². The lowest BCUT2D eigenvalue weighted by atomic mass is 9.79. The number of aliphatic hydroxyl groups is 4. The third-order valence-corrected chi connectivity index (χ3v) is 8.64. The second-order valence-corrected chi connectivity index (χ2v) is 12.3. The SMILES string of the molecule is CCC1OC(=O)CC(O)C(C)C(OC2OC(C)CC(N(C)C)C2O)C(CCO)CC(C)C(O)C=CC(C)=CC1C. The summed E-state index contributed by atoms with van der Waals surface area (Å²) in [5, 5.41) is 43.4. The van der Waals surface area contributed by atoms with Crippen molar-refractivity contribution in [3.8, 4) is 0 Å². The van der Waals surface area contributed by atoms with Crippen LogP contribution in [0.15, 0.2) is 23.8 Å². The maximum atomic E-state index is 12.9. The predicted octanol–water partition coefficient (Wildman–Crippen LogP) is 3.04. The second-order valence-electron chi connectivity index (χ2n) is 12.3. The van der Waals surface area contributed by atoms with Gasteiger partial charge in [0.25, 0.3) is 0 Å². The highest BCUT2D eigenvalue weighted by Crippen LogP contribution is 2.34. The van der Waals surface area contributed by atoms with Gasteiger partial charge in [0, 0.05) is 24.5 Å². The van der Waals surface area contributed by atoms with Gasteiger partial charge in [0.05, 0.1) is 30.8 Å². The minimum absolute atomic E-state index is 0.0442. The zero-order valence-corrected chi connectivity index (χ0v) is 25.8. The smallest absolute Gasteiger partial charge is 0.308 e. The molecule has 2 aliphatic heterocycles. The van der Waals surface area contributed by atoms with Gasteiger partial charge in [-0.25, -0.2) is 0 Å². The van der Waals surface area contributed by atoms with Crippen LogP contribution in [0.5, 0.6) is 0 Å². The number of hydrogen-bond donors (Lipinski definition) is 4. The summed E-state index contributed by atoms with van der Waals surface area (Å²) < 4.78 is 18.3. The van der Waals surface area contributed by atoms with Crippen molar-refractivity contribution in [3.05, 3.63) is 23.8 Å². The maximum absolute atomic E-state index is 12.9. The molecule has 0 radical (unpaired) electrons. The van der Waals surface area contributed by atoms with Gasteiger partial charge >= 0.3 is 5.97 Å². The van der Waals surface area contributed by atoms with Gasteiger partial charge in [0.2, 0.25) is 0 Å². The summed E-state index contributed by atoms with van der Waals surface area (Å²) in [4.78, 5) is 14.9. The molecule has 0 aromatic heterocycles. The zero-order valence-electron chi connectivity index (χ0n) is 25.8. The van der Waals surface area contributed by atoms with E-state index in [1.165, 1.54) is 0 Å². The van der Waals surface area contributed by atoms with Crippen LogP contribution in [0.25, 0.3) is 0 Å². The van der Waals surface area contributed by atoms with E-state index in [1.807, 2.05) is 72.7 Å². The number of aliphatic hydroxyl groups excluding tert-OH is 4. The molecule has 12 atom stereocenters. The van der Waals surface area contributed by atoms with Crippen molar-refractivity contribution in [1.29, 1.82) is 0 Å². The number of allylic oxidation sites excluding steroid dienone is 2. The summed E-state index contributed by atoms with van der Waals surface area (Å²) >= 11 is 0. The van der Waals surface area contributed by atoms with E-state index < -0.39 is 42.6 Å².